The second-order valence-corrected chi connectivity index (χ2v) is 9.67. The normalized spacial score (nSPS) is 13.9. The molecule has 0 radical (unpaired) electrons. The molecule has 0 spiro atoms. The van der Waals surface area contributed by atoms with Gasteiger partial charge in [0.2, 0.25) is 5.91 Å². The Morgan fingerprint density at radius 2 is 1.87 bits per heavy atom. The zero-order valence-corrected chi connectivity index (χ0v) is 24.2. The van der Waals surface area contributed by atoms with E-state index in [1.807, 2.05) is 26.8 Å². The molecule has 0 bridgehead atoms. The molecule has 3 aromatic rings. The SMILES string of the molecule is CC.CC(=Nc1c(C(C)C(N)=O)[nH]c2ccc(N)c(C=N)c12)c1ccc(C)cc1NC1CCC1.CCCC. The summed E-state index contributed by atoms with van der Waals surface area (Å²) in [6.07, 6.45) is 7.47. The maximum absolute atomic E-state index is 12.0. The lowest BCUT2D eigenvalue weighted by atomic mass is 9.92. The van der Waals surface area contributed by atoms with Crippen molar-refractivity contribution in [3.8, 4) is 0 Å². The summed E-state index contributed by atoms with van der Waals surface area (Å²) < 4.78 is 0. The van der Waals surface area contributed by atoms with Crippen LogP contribution in [0.25, 0.3) is 10.9 Å². The third kappa shape index (κ3) is 7.03. The van der Waals surface area contributed by atoms with Crippen LogP contribution < -0.4 is 16.8 Å². The first-order valence-corrected chi connectivity index (χ1v) is 13.9. The number of H-pyrrole nitrogens is 1. The van der Waals surface area contributed by atoms with Gasteiger partial charge in [-0.2, -0.15) is 0 Å². The summed E-state index contributed by atoms with van der Waals surface area (Å²) in [6.45, 7) is 14.2. The van der Waals surface area contributed by atoms with E-state index in [-0.39, 0.29) is 0 Å². The maximum atomic E-state index is 12.0. The zero-order chi connectivity index (χ0) is 28.4. The number of primary amides is 1. The van der Waals surface area contributed by atoms with Crippen molar-refractivity contribution in [3.63, 3.8) is 0 Å². The third-order valence-electron chi connectivity index (χ3n) is 6.85. The molecule has 0 saturated heterocycles. The van der Waals surface area contributed by atoms with Crippen LogP contribution in [0.5, 0.6) is 0 Å². The number of anilines is 2. The second kappa shape index (κ2) is 14.4. The fraction of sp³-hybridized carbons (Fsp3) is 0.452. The Balaban J connectivity index is 0.000000773. The van der Waals surface area contributed by atoms with E-state index in [2.05, 4.69) is 49.3 Å². The van der Waals surface area contributed by atoms with Crippen LogP contribution in [-0.4, -0.2) is 28.9 Å². The highest BCUT2D eigenvalue weighted by Gasteiger charge is 2.24. The van der Waals surface area contributed by atoms with Gasteiger partial charge in [-0.3, -0.25) is 9.79 Å². The van der Waals surface area contributed by atoms with Crippen molar-refractivity contribution in [2.24, 2.45) is 10.7 Å². The molecule has 1 aliphatic carbocycles. The first-order chi connectivity index (χ1) is 18.2. The van der Waals surface area contributed by atoms with Crippen molar-refractivity contribution in [2.75, 3.05) is 11.1 Å². The van der Waals surface area contributed by atoms with E-state index >= 15 is 0 Å². The molecular weight excluding hydrogens is 472 g/mol. The molecular formula is C31H46N6O. The van der Waals surface area contributed by atoms with Gasteiger partial charge in [-0.25, -0.2) is 0 Å². The number of hydrogen-bond donors (Lipinski definition) is 5. The predicted octanol–water partition coefficient (Wildman–Crippen LogP) is 7.58. The highest BCUT2D eigenvalue weighted by molar-refractivity contribution is 6.13. The first kappa shape index (κ1) is 30.6. The average Bonchev–Trinajstić information content (AvgIpc) is 3.25. The molecule has 1 amide bonds. The van der Waals surface area contributed by atoms with Crippen molar-refractivity contribution in [1.29, 1.82) is 5.41 Å². The number of aromatic amines is 1. The van der Waals surface area contributed by atoms with Gasteiger partial charge >= 0.3 is 0 Å². The summed E-state index contributed by atoms with van der Waals surface area (Å²) >= 11 is 0. The molecule has 2 aromatic carbocycles. The number of aromatic nitrogens is 1. The second-order valence-electron chi connectivity index (χ2n) is 9.67. The van der Waals surface area contributed by atoms with Crippen molar-refractivity contribution in [1.82, 2.24) is 4.98 Å². The molecule has 7 nitrogen and oxygen atoms in total. The molecule has 4 rings (SSSR count). The van der Waals surface area contributed by atoms with Crippen LogP contribution in [0.1, 0.15) is 102 Å². The molecule has 7 N–H and O–H groups in total. The monoisotopic (exact) mass is 518 g/mol. The number of carbonyl (C=O) groups excluding carboxylic acids is 1. The Kier molecular flexibility index (Phi) is 11.6. The molecule has 7 heteroatoms. The topological polar surface area (TPSA) is 133 Å². The smallest absolute Gasteiger partial charge is 0.226 e. The van der Waals surface area contributed by atoms with Crippen LogP contribution >= 0.6 is 0 Å². The van der Waals surface area contributed by atoms with Gasteiger partial charge in [-0.1, -0.05) is 52.7 Å². The number of carbonyl (C=O) groups is 1. The molecule has 1 aliphatic rings. The molecule has 1 atom stereocenters. The molecule has 38 heavy (non-hydrogen) atoms. The van der Waals surface area contributed by atoms with Crippen molar-refractivity contribution >= 4 is 45.8 Å². The number of nitrogens with two attached hydrogens (primary N) is 2. The van der Waals surface area contributed by atoms with E-state index in [1.54, 1.807) is 13.0 Å². The summed E-state index contributed by atoms with van der Waals surface area (Å²) in [5.41, 5.74) is 18.9. The summed E-state index contributed by atoms with van der Waals surface area (Å²) in [5, 5.41) is 12.3. The summed E-state index contributed by atoms with van der Waals surface area (Å²) in [6, 6.07) is 10.4. The fourth-order valence-electron chi connectivity index (χ4n) is 4.15. The van der Waals surface area contributed by atoms with E-state index in [9.17, 15) is 4.79 Å². The molecule has 206 valence electrons. The molecule has 1 heterocycles. The minimum Gasteiger partial charge on any atom is -0.398 e. The summed E-state index contributed by atoms with van der Waals surface area (Å²) in [5.74, 6) is -1.02. The third-order valence-corrected chi connectivity index (χ3v) is 6.85. The van der Waals surface area contributed by atoms with Crippen LogP contribution in [0.3, 0.4) is 0 Å². The fourth-order valence-corrected chi connectivity index (χ4v) is 4.15. The van der Waals surface area contributed by atoms with Gasteiger partial charge in [0.25, 0.3) is 0 Å². The lowest BCUT2D eigenvalue weighted by molar-refractivity contribution is -0.119. The first-order valence-electron chi connectivity index (χ1n) is 13.9. The number of nitrogens with zero attached hydrogens (tertiary/aromatic N) is 1. The summed E-state index contributed by atoms with van der Waals surface area (Å²) in [4.78, 5) is 20.3. The number of unbranched alkanes of at least 4 members (excludes halogenated alkanes) is 1. The largest absolute Gasteiger partial charge is 0.398 e. The van der Waals surface area contributed by atoms with Gasteiger partial charge in [-0.05, 0) is 63.8 Å². The Bertz CT molecular complexity index is 1270. The van der Waals surface area contributed by atoms with Gasteiger partial charge in [0.05, 0.1) is 17.3 Å². The number of fused-ring (bicyclic) bond motifs is 1. The quantitative estimate of drug-likeness (QED) is 0.155. The Labute approximate surface area is 228 Å². The highest BCUT2D eigenvalue weighted by atomic mass is 16.1. The van der Waals surface area contributed by atoms with E-state index in [0.29, 0.717) is 28.7 Å². The molecule has 1 unspecified atom stereocenters. The Morgan fingerprint density at radius 3 is 2.39 bits per heavy atom. The molecule has 1 aromatic heterocycles. The predicted molar refractivity (Wildman–Crippen MR) is 164 cm³/mol. The lowest BCUT2D eigenvalue weighted by Gasteiger charge is -2.28. The minimum absolute atomic E-state index is 0.447. The standard InChI is InChI=1S/C25H30N6O.C4H10.C2H6/c1-13-7-8-17(21(11-13)30-16-5-4-6-16)15(3)29-24-22-18(12-26)19(27)9-10-20(22)31-23(24)14(2)25(28)32;1-3-4-2;1-2/h7-12,14,16,26,30-31H,4-6,27H2,1-3H3,(H2,28,32);3-4H2,1-2H3;1-2H3. The van der Waals surface area contributed by atoms with Gasteiger partial charge < -0.3 is 27.2 Å². The lowest BCUT2D eigenvalue weighted by Crippen LogP contribution is -2.27. The minimum atomic E-state index is -0.570. The number of aryl methyl sites for hydroxylation is 1. The zero-order valence-electron chi connectivity index (χ0n) is 24.2. The van der Waals surface area contributed by atoms with E-state index < -0.39 is 11.8 Å². The Hall–Kier alpha value is -3.61. The number of nitrogens with one attached hydrogen (secondary N) is 3. The molecule has 0 aliphatic heterocycles. The van der Waals surface area contributed by atoms with Crippen LogP contribution in [0.4, 0.5) is 17.1 Å². The van der Waals surface area contributed by atoms with Crippen LogP contribution in [-0.2, 0) is 4.79 Å². The Morgan fingerprint density at radius 1 is 1.21 bits per heavy atom. The number of rotatable bonds is 8. The van der Waals surface area contributed by atoms with Gasteiger partial charge in [0.1, 0.15) is 0 Å². The van der Waals surface area contributed by atoms with Gasteiger partial charge in [0.15, 0.2) is 0 Å². The van der Waals surface area contributed by atoms with Crippen LogP contribution in [0, 0.1) is 12.3 Å². The number of amides is 1. The van der Waals surface area contributed by atoms with E-state index in [0.717, 1.165) is 27.9 Å². The van der Waals surface area contributed by atoms with Gasteiger partial charge in [0, 0.05) is 51.4 Å². The number of hydrogen-bond acceptors (Lipinski definition) is 5. The van der Waals surface area contributed by atoms with E-state index in [1.165, 1.54) is 43.9 Å². The van der Waals surface area contributed by atoms with Crippen LogP contribution in [0.15, 0.2) is 35.3 Å². The van der Waals surface area contributed by atoms with Crippen molar-refractivity contribution in [2.45, 2.75) is 92.5 Å². The number of benzene rings is 2. The highest BCUT2D eigenvalue weighted by Crippen LogP contribution is 2.39. The van der Waals surface area contributed by atoms with E-state index in [4.69, 9.17) is 21.9 Å². The molecule has 1 fully saturated rings. The maximum Gasteiger partial charge on any atom is 0.226 e. The number of aliphatic imine (C=N–C) groups is 1. The van der Waals surface area contributed by atoms with Crippen molar-refractivity contribution in [3.05, 3.63) is 52.7 Å². The van der Waals surface area contributed by atoms with Crippen molar-refractivity contribution < 1.29 is 4.79 Å². The average molecular weight is 519 g/mol. The number of nitrogen functional groups attached to an aromatic ring is 1. The molecule has 1 saturated carbocycles. The van der Waals surface area contributed by atoms with Crippen LogP contribution in [0.2, 0.25) is 0 Å². The van der Waals surface area contributed by atoms with Gasteiger partial charge in [-0.15, -0.1) is 0 Å². The summed E-state index contributed by atoms with van der Waals surface area (Å²) in [7, 11) is 0.